The molecule has 51 heavy (non-hydrogen) atoms. The lowest BCUT2D eigenvalue weighted by molar-refractivity contribution is 0.0810. The summed E-state index contributed by atoms with van der Waals surface area (Å²) in [5.41, 5.74) is 5.38. The summed E-state index contributed by atoms with van der Waals surface area (Å²) in [7, 11) is -0.320. The first-order valence-corrected chi connectivity index (χ1v) is 21.8. The van der Waals surface area contributed by atoms with Crippen LogP contribution in [0.4, 0.5) is 0 Å². The first-order chi connectivity index (χ1) is 25.1. The maximum absolute atomic E-state index is 6.01. The van der Waals surface area contributed by atoms with Gasteiger partial charge in [-0.25, -0.2) is 0 Å². The molecule has 4 fully saturated rings. The van der Waals surface area contributed by atoms with Crippen molar-refractivity contribution in [2.45, 2.75) is 162 Å². The lowest BCUT2D eigenvalue weighted by Crippen LogP contribution is -2.44. The molecule has 4 nitrogen and oxygen atoms in total. The van der Waals surface area contributed by atoms with E-state index < -0.39 is 0 Å². The van der Waals surface area contributed by atoms with Gasteiger partial charge in [-0.1, -0.05) is 134 Å². The van der Waals surface area contributed by atoms with E-state index in [-0.39, 0.29) is 14.2 Å². The average molecular weight is 699 g/mol. The Morgan fingerprint density at radius 3 is 1.14 bits per heavy atom. The topological polar surface area (TPSA) is 36.9 Å². The lowest BCUT2D eigenvalue weighted by atomic mass is 9.74. The molecule has 0 amide bonds. The Bertz CT molecular complexity index is 1170. The van der Waals surface area contributed by atoms with Gasteiger partial charge in [0.1, 0.15) is 0 Å². The molecule has 2 aromatic rings. The molecule has 0 aromatic heterocycles. The Morgan fingerprint density at radius 2 is 0.784 bits per heavy atom. The van der Waals surface area contributed by atoms with Crippen LogP contribution in [0.3, 0.4) is 0 Å². The maximum Gasteiger partial charge on any atom is 0.493 e. The molecule has 2 aliphatic carbocycles. The Labute approximate surface area is 314 Å². The van der Waals surface area contributed by atoms with Crippen LogP contribution in [0.25, 0.3) is 0 Å². The highest BCUT2D eigenvalue weighted by molar-refractivity contribution is 6.61. The summed E-state index contributed by atoms with van der Waals surface area (Å²) in [5.74, 6) is 4.63. The SMILES string of the molecule is CCCCC1COB(c2ccc(C3CCC(CCC)CC3)cc2)OC1.CCCCCC1COB(c2ccc(C3CCC(CCC)CC3)cc2)OC1. The summed E-state index contributed by atoms with van der Waals surface area (Å²) in [5, 5.41) is 0. The largest absolute Gasteiger partial charge is 0.493 e. The van der Waals surface area contributed by atoms with Gasteiger partial charge in [0.05, 0.1) is 0 Å². The van der Waals surface area contributed by atoms with Gasteiger partial charge in [-0.05, 0) is 110 Å². The fourth-order valence-electron chi connectivity index (χ4n) is 9.22. The third-order valence-electron chi connectivity index (χ3n) is 12.6. The van der Waals surface area contributed by atoms with Crippen molar-refractivity contribution in [3.63, 3.8) is 0 Å². The Hall–Kier alpha value is -1.59. The first-order valence-electron chi connectivity index (χ1n) is 21.8. The maximum atomic E-state index is 6.01. The molecule has 0 radical (unpaired) electrons. The second kappa shape index (κ2) is 22.6. The number of hydrogen-bond acceptors (Lipinski definition) is 4. The minimum absolute atomic E-state index is 0.160. The first kappa shape index (κ1) is 40.6. The molecule has 6 rings (SSSR count). The highest BCUT2D eigenvalue weighted by Gasteiger charge is 2.31. The molecule has 2 saturated carbocycles. The fourth-order valence-corrected chi connectivity index (χ4v) is 9.22. The molecule has 0 unspecified atom stereocenters. The highest BCUT2D eigenvalue weighted by atomic mass is 16.6. The van der Waals surface area contributed by atoms with Gasteiger partial charge in [-0.3, -0.25) is 0 Å². The van der Waals surface area contributed by atoms with E-state index in [0.717, 1.165) is 50.1 Å². The second-order valence-electron chi connectivity index (χ2n) is 16.7. The summed E-state index contributed by atoms with van der Waals surface area (Å²) >= 11 is 0. The van der Waals surface area contributed by atoms with Gasteiger partial charge in [0.2, 0.25) is 0 Å². The molecule has 0 bridgehead atoms. The molecule has 6 heteroatoms. The van der Waals surface area contributed by atoms with Gasteiger partial charge in [-0.15, -0.1) is 0 Å². The van der Waals surface area contributed by atoms with Crippen LogP contribution in [0.1, 0.15) is 173 Å². The number of unbranched alkanes of at least 4 members (excludes halogenated alkanes) is 3. The van der Waals surface area contributed by atoms with Crippen molar-refractivity contribution >= 4 is 25.2 Å². The van der Waals surface area contributed by atoms with E-state index in [9.17, 15) is 0 Å². The minimum Gasteiger partial charge on any atom is -0.407 e. The summed E-state index contributed by atoms with van der Waals surface area (Å²) in [6, 6.07) is 18.2. The van der Waals surface area contributed by atoms with Crippen molar-refractivity contribution in [2.75, 3.05) is 26.4 Å². The van der Waals surface area contributed by atoms with Gasteiger partial charge in [-0.2, -0.15) is 0 Å². The van der Waals surface area contributed by atoms with Crippen LogP contribution < -0.4 is 10.9 Å². The molecule has 2 aromatic carbocycles. The third-order valence-corrected chi connectivity index (χ3v) is 12.6. The predicted octanol–water partition coefficient (Wildman–Crippen LogP) is 11.0. The van der Waals surface area contributed by atoms with E-state index in [1.807, 2.05) is 0 Å². The van der Waals surface area contributed by atoms with Crippen LogP contribution in [-0.4, -0.2) is 40.7 Å². The van der Waals surface area contributed by atoms with E-state index in [1.165, 1.54) is 144 Å². The smallest absolute Gasteiger partial charge is 0.407 e. The molecule has 2 heterocycles. The van der Waals surface area contributed by atoms with E-state index >= 15 is 0 Å². The quantitative estimate of drug-likeness (QED) is 0.137. The summed E-state index contributed by atoms with van der Waals surface area (Å²) < 4.78 is 24.0. The number of benzene rings is 2. The molecule has 2 saturated heterocycles. The molecular formula is C45H72B2O4. The zero-order valence-electron chi connectivity index (χ0n) is 33.1. The van der Waals surface area contributed by atoms with Crippen molar-refractivity contribution < 1.29 is 18.6 Å². The van der Waals surface area contributed by atoms with E-state index in [0.29, 0.717) is 11.8 Å². The Morgan fingerprint density at radius 1 is 0.412 bits per heavy atom. The van der Waals surface area contributed by atoms with E-state index in [2.05, 4.69) is 76.2 Å². The van der Waals surface area contributed by atoms with E-state index in [1.54, 1.807) is 0 Å². The lowest BCUT2D eigenvalue weighted by Gasteiger charge is -2.29. The molecular weight excluding hydrogens is 626 g/mol. The van der Waals surface area contributed by atoms with Gasteiger partial charge in [0.25, 0.3) is 0 Å². The van der Waals surface area contributed by atoms with Crippen LogP contribution in [-0.2, 0) is 18.6 Å². The standard InChI is InChI=1S/C23H37BO2.C22H35BO2/c1-3-5-6-8-20-17-25-24(26-18-20)23-15-13-22(14-16-23)21-11-9-19(7-4-2)10-12-21;1-3-5-7-19-16-24-23(25-17-19)22-14-12-21(13-15-22)20-10-8-18(6-4-2)9-11-20/h13-16,19-21H,3-12,17-18H2,1-2H3;12-15,18-20H,3-11,16-17H2,1-2H3. The minimum atomic E-state index is -0.160. The van der Waals surface area contributed by atoms with Crippen LogP contribution >= 0.6 is 0 Å². The molecule has 282 valence electrons. The predicted molar refractivity (Wildman–Crippen MR) is 217 cm³/mol. The van der Waals surface area contributed by atoms with Crippen LogP contribution in [0.2, 0.25) is 0 Å². The Kier molecular flexibility index (Phi) is 18.0. The van der Waals surface area contributed by atoms with Crippen molar-refractivity contribution in [1.29, 1.82) is 0 Å². The molecule has 0 N–H and O–H groups in total. The Balaban J connectivity index is 0.000000198. The van der Waals surface area contributed by atoms with Gasteiger partial charge < -0.3 is 18.6 Å². The van der Waals surface area contributed by atoms with Crippen LogP contribution in [0, 0.1) is 23.7 Å². The van der Waals surface area contributed by atoms with Crippen molar-refractivity contribution in [2.24, 2.45) is 23.7 Å². The van der Waals surface area contributed by atoms with Gasteiger partial charge in [0, 0.05) is 38.3 Å². The van der Waals surface area contributed by atoms with Crippen LogP contribution in [0.15, 0.2) is 48.5 Å². The monoisotopic (exact) mass is 699 g/mol. The molecule has 0 atom stereocenters. The zero-order valence-corrected chi connectivity index (χ0v) is 33.1. The summed E-state index contributed by atoms with van der Waals surface area (Å²) in [6.07, 6.45) is 25.5. The second-order valence-corrected chi connectivity index (χ2v) is 16.7. The highest BCUT2D eigenvalue weighted by Crippen LogP contribution is 2.38. The number of hydrogen-bond donors (Lipinski definition) is 0. The third kappa shape index (κ3) is 13.0. The average Bonchev–Trinajstić information content (AvgIpc) is 3.19. The molecule has 0 spiro atoms. The van der Waals surface area contributed by atoms with Crippen molar-refractivity contribution in [1.82, 2.24) is 0 Å². The van der Waals surface area contributed by atoms with Crippen molar-refractivity contribution in [3.05, 3.63) is 59.7 Å². The van der Waals surface area contributed by atoms with Crippen LogP contribution in [0.5, 0.6) is 0 Å². The van der Waals surface area contributed by atoms with Crippen molar-refractivity contribution in [3.8, 4) is 0 Å². The van der Waals surface area contributed by atoms with E-state index in [4.69, 9.17) is 18.6 Å². The normalized spacial score (nSPS) is 25.0. The summed E-state index contributed by atoms with van der Waals surface area (Å²) in [4.78, 5) is 0. The fraction of sp³-hybridized carbons (Fsp3) is 0.733. The summed E-state index contributed by atoms with van der Waals surface area (Å²) in [6.45, 7) is 12.5. The number of rotatable bonds is 15. The van der Waals surface area contributed by atoms with Gasteiger partial charge in [0.15, 0.2) is 0 Å². The molecule has 2 aliphatic heterocycles. The molecule has 4 aliphatic rings. The zero-order chi connectivity index (χ0) is 35.7. The van der Waals surface area contributed by atoms with Gasteiger partial charge >= 0.3 is 14.2 Å².